The number of phenols is 1. The number of aromatic hydroxyl groups is 1. The van der Waals surface area contributed by atoms with Gasteiger partial charge in [0.25, 0.3) is 5.89 Å². The number of benzene rings is 2. The monoisotopic (exact) mass is 468 g/mol. The smallest absolute Gasteiger partial charge is 0.508 e. The molecule has 1 aliphatic rings. The predicted molar refractivity (Wildman–Crippen MR) is 96.4 cm³/mol. The van der Waals surface area contributed by atoms with Crippen molar-refractivity contribution in [2.75, 3.05) is 0 Å². The quantitative estimate of drug-likeness (QED) is 0.549. The molecule has 26 heavy (non-hydrogen) atoms. The molecule has 2 aromatic carbocycles. The molecule has 3 N–H and O–H groups in total. The number of hydrogen-bond acceptors (Lipinski definition) is 5. The topological polar surface area (TPSA) is 85.2 Å². The molecule has 0 radical (unpaired) electrons. The zero-order valence-electron chi connectivity index (χ0n) is 14.9. The predicted octanol–water partition coefficient (Wildman–Crippen LogP) is 1.01. The summed E-state index contributed by atoms with van der Waals surface area (Å²) in [7, 11) is 0. The van der Waals surface area contributed by atoms with Gasteiger partial charge in [0.05, 0.1) is 0 Å². The Balaban J connectivity index is 0.000000258. The van der Waals surface area contributed by atoms with Crippen LogP contribution in [0.4, 0.5) is 0 Å². The molecule has 0 atom stereocenters. The summed E-state index contributed by atoms with van der Waals surface area (Å²) >= 11 is 0. The summed E-state index contributed by atoms with van der Waals surface area (Å²) in [6, 6.07) is 17.4. The van der Waals surface area contributed by atoms with Crippen LogP contribution in [0.1, 0.15) is 25.7 Å². The average molecular weight is 468 g/mol. The Hall–Kier alpha value is -0.608. The number of rotatable bonds is 2. The van der Waals surface area contributed by atoms with E-state index in [1.54, 1.807) is 36.4 Å². The summed E-state index contributed by atoms with van der Waals surface area (Å²) in [5, 5.41) is 13.1. The van der Waals surface area contributed by atoms with Gasteiger partial charge in [-0.2, -0.15) is 48.2 Å². The summed E-state index contributed by atoms with van der Waals surface area (Å²) in [6.45, 7) is 0. The molecule has 3 aromatic rings. The first-order valence-electron chi connectivity index (χ1n) is 8.39. The van der Waals surface area contributed by atoms with Gasteiger partial charge in [0.2, 0.25) is 0 Å². The van der Waals surface area contributed by atoms with Crippen LogP contribution in [0.2, 0.25) is 0 Å². The third-order valence-electron chi connectivity index (χ3n) is 4.00. The van der Waals surface area contributed by atoms with Crippen LogP contribution in [0.5, 0.6) is 5.75 Å². The first kappa shape index (κ1) is 21.7. The molecule has 130 valence electrons. The van der Waals surface area contributed by atoms with Gasteiger partial charge in [-0.1, -0.05) is 23.6 Å². The van der Waals surface area contributed by atoms with Crippen molar-refractivity contribution in [2.24, 2.45) is 5.73 Å². The van der Waals surface area contributed by atoms with Crippen LogP contribution in [-0.2, 0) is 0 Å². The van der Waals surface area contributed by atoms with Gasteiger partial charge in [0, 0.05) is 5.56 Å². The fraction of sp³-hybridized carbons (Fsp3) is 0.250. The van der Waals surface area contributed by atoms with Crippen molar-refractivity contribution in [3.8, 4) is 28.6 Å². The largest absolute Gasteiger partial charge is 1.00 e. The van der Waals surface area contributed by atoms with Crippen LogP contribution in [-0.4, -0.2) is 21.3 Å². The molecular weight excluding hydrogens is 447 g/mol. The molecule has 1 saturated carbocycles. The summed E-state index contributed by atoms with van der Waals surface area (Å²) in [4.78, 5) is 4.31. The van der Waals surface area contributed by atoms with Crippen LogP contribution in [0, 0.1) is 12.5 Å². The Morgan fingerprint density at radius 2 is 1.69 bits per heavy atom. The van der Waals surface area contributed by atoms with E-state index in [1.807, 2.05) is 12.1 Å². The molecule has 1 heterocycles. The number of hydrogen-bond donors (Lipinski definition) is 2. The van der Waals surface area contributed by atoms with E-state index in [9.17, 15) is 5.11 Å². The van der Waals surface area contributed by atoms with Crippen molar-refractivity contribution in [3.63, 3.8) is 0 Å². The molecule has 1 fully saturated rings. The minimum absolute atomic E-state index is 0. The number of nitrogens with zero attached hydrogens (tertiary/aromatic N) is 2. The standard InChI is InChI=1S/C14H9N2O2.C6H12N.Cs/c17-12-8-6-11(7-9-12)14-15-13(16-18-14)10-4-2-1-3-5-10;7-6-4-2-1-3-5-6;/h2-9,17H;1,6H,2-5,7H2;/q2*-1;+1. The van der Waals surface area contributed by atoms with Gasteiger partial charge in [0.1, 0.15) is 5.75 Å². The van der Waals surface area contributed by atoms with E-state index in [1.165, 1.54) is 25.7 Å². The van der Waals surface area contributed by atoms with Crippen molar-refractivity contribution in [1.29, 1.82) is 0 Å². The normalized spacial score (nSPS) is 14.0. The zero-order valence-corrected chi connectivity index (χ0v) is 21.2. The molecule has 4 rings (SSSR count). The molecular formula is C20H21CsN3O2-. The maximum Gasteiger partial charge on any atom is 1.00 e. The van der Waals surface area contributed by atoms with E-state index in [0.29, 0.717) is 17.8 Å². The Morgan fingerprint density at radius 1 is 1.04 bits per heavy atom. The van der Waals surface area contributed by atoms with Crippen molar-refractivity contribution in [1.82, 2.24) is 10.1 Å². The second-order valence-electron chi connectivity index (χ2n) is 5.96. The molecule has 1 aromatic heterocycles. The summed E-state index contributed by atoms with van der Waals surface area (Å²) in [6.07, 6.45) is 7.21. The first-order valence-corrected chi connectivity index (χ1v) is 8.39. The fourth-order valence-electron chi connectivity index (χ4n) is 2.55. The van der Waals surface area contributed by atoms with E-state index in [0.717, 1.165) is 11.1 Å². The van der Waals surface area contributed by atoms with Crippen LogP contribution < -0.4 is 74.6 Å². The molecule has 0 amide bonds. The Labute approximate surface area is 212 Å². The van der Waals surface area contributed by atoms with E-state index in [4.69, 9.17) is 10.3 Å². The maximum atomic E-state index is 9.22. The van der Waals surface area contributed by atoms with Crippen molar-refractivity contribution in [3.05, 3.63) is 61.0 Å². The molecule has 6 heteroatoms. The third-order valence-corrected chi connectivity index (χ3v) is 4.00. The van der Waals surface area contributed by atoms with Crippen LogP contribution in [0.25, 0.3) is 22.8 Å². The fourth-order valence-corrected chi connectivity index (χ4v) is 2.55. The van der Waals surface area contributed by atoms with Gasteiger partial charge < -0.3 is 21.8 Å². The summed E-state index contributed by atoms with van der Waals surface area (Å²) in [5.41, 5.74) is 7.26. The number of aromatic nitrogens is 2. The van der Waals surface area contributed by atoms with E-state index >= 15 is 0 Å². The molecule has 5 nitrogen and oxygen atoms in total. The molecule has 0 saturated heterocycles. The van der Waals surface area contributed by atoms with Crippen molar-refractivity contribution < 1.29 is 78.5 Å². The van der Waals surface area contributed by atoms with Crippen molar-refractivity contribution >= 4 is 0 Å². The SMILES string of the molecule is NC1CC[CH-]CC1.Oc1ccc(-c2nc(-c3cc[c-]cc3)no2)cc1.[Cs+]. The van der Waals surface area contributed by atoms with Gasteiger partial charge in [0.15, 0.2) is 5.82 Å². The van der Waals surface area contributed by atoms with Crippen LogP contribution in [0.3, 0.4) is 0 Å². The summed E-state index contributed by atoms with van der Waals surface area (Å²) in [5.74, 6) is 1.17. The number of nitrogens with two attached hydrogens (primary N) is 1. The molecule has 0 bridgehead atoms. The minimum atomic E-state index is 0. The second kappa shape index (κ2) is 11.3. The Bertz CT molecular complexity index is 769. The minimum Gasteiger partial charge on any atom is -0.508 e. The average Bonchev–Trinajstić information content (AvgIpc) is 3.14. The van der Waals surface area contributed by atoms with Crippen molar-refractivity contribution in [2.45, 2.75) is 31.7 Å². The Morgan fingerprint density at radius 3 is 2.27 bits per heavy atom. The van der Waals surface area contributed by atoms with E-state index in [-0.39, 0.29) is 74.6 Å². The number of phenolic OH excluding ortho intramolecular Hbond substituents is 1. The van der Waals surface area contributed by atoms with E-state index < -0.39 is 0 Å². The van der Waals surface area contributed by atoms with E-state index in [2.05, 4.69) is 22.6 Å². The maximum absolute atomic E-state index is 9.22. The van der Waals surface area contributed by atoms with Gasteiger partial charge >= 0.3 is 68.9 Å². The van der Waals surface area contributed by atoms with Gasteiger partial charge in [-0.15, -0.1) is 0 Å². The zero-order chi connectivity index (χ0) is 17.5. The van der Waals surface area contributed by atoms with Gasteiger partial charge in [-0.25, -0.2) is 0 Å². The second-order valence-corrected chi connectivity index (χ2v) is 5.96. The van der Waals surface area contributed by atoms with Gasteiger partial charge in [-0.3, -0.25) is 0 Å². The molecule has 0 unspecified atom stereocenters. The van der Waals surface area contributed by atoms with Gasteiger partial charge in [-0.05, 0) is 30.3 Å². The van der Waals surface area contributed by atoms with Crippen LogP contribution >= 0.6 is 0 Å². The first-order chi connectivity index (χ1) is 12.2. The Kier molecular flexibility index (Phi) is 9.41. The summed E-state index contributed by atoms with van der Waals surface area (Å²) < 4.78 is 5.19. The van der Waals surface area contributed by atoms with Crippen LogP contribution in [0.15, 0.2) is 53.1 Å². The molecule has 0 spiro atoms. The molecule has 1 aliphatic carbocycles. The third kappa shape index (κ3) is 6.53. The molecule has 0 aliphatic heterocycles.